The summed E-state index contributed by atoms with van der Waals surface area (Å²) in [6.45, 7) is 0. The predicted octanol–water partition coefficient (Wildman–Crippen LogP) is 6.44. The third kappa shape index (κ3) is 4.69. The van der Waals surface area contributed by atoms with Gasteiger partial charge in [0.2, 0.25) is 5.91 Å². The first kappa shape index (κ1) is 25.0. The lowest BCUT2D eigenvalue weighted by atomic mass is 9.95. The summed E-state index contributed by atoms with van der Waals surface area (Å²) in [5.74, 6) is 0.908. The quantitative estimate of drug-likeness (QED) is 0.182. The summed E-state index contributed by atoms with van der Waals surface area (Å²) in [5, 5.41) is 4.52. The highest BCUT2D eigenvalue weighted by Crippen LogP contribution is 2.32. The number of carbonyl (C=O) groups is 1. The highest BCUT2D eigenvalue weighted by atomic mass is 79.9. The summed E-state index contributed by atoms with van der Waals surface area (Å²) >= 11 is 4.77. The fraction of sp³-hybridized carbons (Fsp3) is 0.276. The second-order valence-electron chi connectivity index (χ2n) is 9.67. The third-order valence-corrected chi connectivity index (χ3v) is 8.64. The van der Waals surface area contributed by atoms with Crippen LogP contribution in [-0.4, -0.2) is 31.8 Å². The largest absolute Gasteiger partial charge is 0.464 e. The molecule has 0 aliphatic heterocycles. The van der Waals surface area contributed by atoms with Crippen LogP contribution in [-0.2, 0) is 11.8 Å². The number of fused-ring (bicyclic) bond motifs is 3. The molecule has 1 aliphatic rings. The fourth-order valence-corrected chi connectivity index (χ4v) is 6.36. The Labute approximate surface area is 232 Å². The molecule has 6 rings (SSSR count). The Morgan fingerprint density at radius 3 is 2.66 bits per heavy atom. The van der Waals surface area contributed by atoms with Crippen molar-refractivity contribution < 1.29 is 9.21 Å². The molecule has 1 saturated carbocycles. The number of carbonyl (C=O) groups excluding carboxylic acids is 1. The van der Waals surface area contributed by atoms with Gasteiger partial charge in [-0.3, -0.25) is 14.2 Å². The lowest BCUT2D eigenvalue weighted by Crippen LogP contribution is -2.37. The van der Waals surface area contributed by atoms with E-state index in [1.165, 1.54) is 18.2 Å². The van der Waals surface area contributed by atoms with Gasteiger partial charge in [0.05, 0.1) is 23.2 Å². The SMILES string of the molecule is Cn1c2ccc(-c3ccco3)cc2c2nc(SCC(=O)NC3CCCCC3)n(-c3ccc(Br)cc3)c(=O)c21. The van der Waals surface area contributed by atoms with Crippen molar-refractivity contribution in [3.8, 4) is 17.0 Å². The lowest BCUT2D eigenvalue weighted by Gasteiger charge is -2.22. The second-order valence-corrected chi connectivity index (χ2v) is 11.5. The van der Waals surface area contributed by atoms with E-state index >= 15 is 0 Å². The Morgan fingerprint density at radius 2 is 1.92 bits per heavy atom. The molecular formula is C29H27BrN4O3S. The zero-order chi connectivity index (χ0) is 26.2. The van der Waals surface area contributed by atoms with E-state index in [1.54, 1.807) is 10.8 Å². The summed E-state index contributed by atoms with van der Waals surface area (Å²) in [6, 6.07) is 17.5. The summed E-state index contributed by atoms with van der Waals surface area (Å²) in [5.41, 5.74) is 3.46. The van der Waals surface area contributed by atoms with Gasteiger partial charge in [0.1, 0.15) is 16.8 Å². The van der Waals surface area contributed by atoms with E-state index in [9.17, 15) is 9.59 Å². The van der Waals surface area contributed by atoms with Gasteiger partial charge in [0, 0.05) is 28.5 Å². The molecule has 1 amide bonds. The van der Waals surface area contributed by atoms with Crippen molar-refractivity contribution in [3.63, 3.8) is 0 Å². The predicted molar refractivity (Wildman–Crippen MR) is 155 cm³/mol. The van der Waals surface area contributed by atoms with E-state index in [4.69, 9.17) is 9.40 Å². The molecular weight excluding hydrogens is 564 g/mol. The maximum absolute atomic E-state index is 14.1. The van der Waals surface area contributed by atoms with Crippen molar-refractivity contribution in [2.75, 3.05) is 5.75 Å². The van der Waals surface area contributed by atoms with Gasteiger partial charge in [-0.15, -0.1) is 0 Å². The van der Waals surface area contributed by atoms with Crippen LogP contribution in [0.2, 0.25) is 0 Å². The number of amides is 1. The first-order valence-corrected chi connectivity index (χ1v) is 14.5. The van der Waals surface area contributed by atoms with Crippen LogP contribution in [0.4, 0.5) is 0 Å². The minimum Gasteiger partial charge on any atom is -0.464 e. The van der Waals surface area contributed by atoms with Gasteiger partial charge >= 0.3 is 0 Å². The van der Waals surface area contributed by atoms with Gasteiger partial charge in [-0.25, -0.2) is 4.98 Å². The number of nitrogens with zero attached hydrogens (tertiary/aromatic N) is 3. The molecule has 194 valence electrons. The van der Waals surface area contributed by atoms with Gasteiger partial charge in [-0.1, -0.05) is 47.0 Å². The first-order chi connectivity index (χ1) is 18.5. The molecule has 9 heteroatoms. The molecule has 38 heavy (non-hydrogen) atoms. The number of aryl methyl sites for hydroxylation is 1. The Balaban J connectivity index is 1.46. The van der Waals surface area contributed by atoms with Crippen LogP contribution in [0.5, 0.6) is 0 Å². The molecule has 1 fully saturated rings. The Hall–Kier alpha value is -3.30. The van der Waals surface area contributed by atoms with E-state index in [1.807, 2.05) is 66.2 Å². The number of furan rings is 1. The first-order valence-electron chi connectivity index (χ1n) is 12.8. The number of rotatable bonds is 6. The number of halogens is 1. The van der Waals surface area contributed by atoms with E-state index < -0.39 is 0 Å². The molecule has 2 aromatic carbocycles. The van der Waals surface area contributed by atoms with Crippen LogP contribution in [0.15, 0.2) is 79.7 Å². The highest BCUT2D eigenvalue weighted by molar-refractivity contribution is 9.10. The van der Waals surface area contributed by atoms with Gasteiger partial charge in [0.25, 0.3) is 5.56 Å². The average Bonchev–Trinajstić information content (AvgIpc) is 3.56. The summed E-state index contributed by atoms with van der Waals surface area (Å²) in [6.07, 6.45) is 7.24. The molecule has 1 N–H and O–H groups in total. The average molecular weight is 592 g/mol. The Bertz CT molecular complexity index is 1680. The van der Waals surface area contributed by atoms with E-state index in [0.717, 1.165) is 52.4 Å². The molecule has 3 heterocycles. The molecule has 1 aliphatic carbocycles. The minimum absolute atomic E-state index is 0.0309. The molecule has 5 aromatic rings. The molecule has 3 aromatic heterocycles. The van der Waals surface area contributed by atoms with Crippen LogP contribution in [0.3, 0.4) is 0 Å². The van der Waals surface area contributed by atoms with Gasteiger partial charge in [-0.2, -0.15) is 0 Å². The monoisotopic (exact) mass is 590 g/mol. The van der Waals surface area contributed by atoms with Crippen LogP contribution < -0.4 is 10.9 Å². The van der Waals surface area contributed by atoms with E-state index in [2.05, 4.69) is 21.2 Å². The molecule has 0 saturated heterocycles. The van der Waals surface area contributed by atoms with Gasteiger partial charge < -0.3 is 14.3 Å². The third-order valence-electron chi connectivity index (χ3n) is 7.17. The van der Waals surface area contributed by atoms with Crippen molar-refractivity contribution in [1.82, 2.24) is 19.4 Å². The summed E-state index contributed by atoms with van der Waals surface area (Å²) in [7, 11) is 1.89. The standard InChI is InChI=1S/C29H27BrN4O3S/c1-33-23-14-9-18(24-8-5-15-37-24)16-22(23)26-27(33)28(36)34(21-12-10-19(30)11-13-21)29(32-26)38-17-25(35)31-20-6-3-2-4-7-20/h5,8-16,20H,2-4,6-7,17H2,1H3,(H,31,35). The topological polar surface area (TPSA) is 82.1 Å². The highest BCUT2D eigenvalue weighted by Gasteiger charge is 2.22. The second kappa shape index (κ2) is 10.5. The van der Waals surface area contributed by atoms with Gasteiger partial charge in [0.15, 0.2) is 5.16 Å². The van der Waals surface area contributed by atoms with E-state index in [0.29, 0.717) is 21.9 Å². The molecule has 0 spiro atoms. The van der Waals surface area contributed by atoms with Crippen molar-refractivity contribution >= 4 is 55.5 Å². The maximum atomic E-state index is 14.1. The molecule has 0 radical (unpaired) electrons. The van der Waals surface area contributed by atoms with Crippen molar-refractivity contribution in [2.24, 2.45) is 7.05 Å². The lowest BCUT2D eigenvalue weighted by molar-refractivity contribution is -0.119. The van der Waals surface area contributed by atoms with Crippen LogP contribution in [0.25, 0.3) is 38.9 Å². The summed E-state index contributed by atoms with van der Waals surface area (Å²) < 4.78 is 10.0. The van der Waals surface area contributed by atoms with Crippen molar-refractivity contribution in [1.29, 1.82) is 0 Å². The van der Waals surface area contributed by atoms with Gasteiger partial charge in [-0.05, 0) is 67.4 Å². The molecule has 0 bridgehead atoms. The zero-order valence-electron chi connectivity index (χ0n) is 20.9. The molecule has 0 unspecified atom stereocenters. The number of hydrogen-bond acceptors (Lipinski definition) is 5. The van der Waals surface area contributed by atoms with Crippen molar-refractivity contribution in [3.05, 3.63) is 75.7 Å². The maximum Gasteiger partial charge on any atom is 0.283 e. The fourth-order valence-electron chi connectivity index (χ4n) is 5.28. The normalized spacial score (nSPS) is 14.4. The van der Waals surface area contributed by atoms with Crippen LogP contribution in [0, 0.1) is 0 Å². The minimum atomic E-state index is -0.175. The number of hydrogen-bond donors (Lipinski definition) is 1. The Morgan fingerprint density at radius 1 is 1.13 bits per heavy atom. The number of thioether (sulfide) groups is 1. The smallest absolute Gasteiger partial charge is 0.283 e. The van der Waals surface area contributed by atoms with Crippen LogP contribution >= 0.6 is 27.7 Å². The molecule has 7 nitrogen and oxygen atoms in total. The van der Waals surface area contributed by atoms with Crippen LogP contribution in [0.1, 0.15) is 32.1 Å². The number of benzene rings is 2. The number of aromatic nitrogens is 3. The van der Waals surface area contributed by atoms with E-state index in [-0.39, 0.29) is 23.3 Å². The zero-order valence-corrected chi connectivity index (χ0v) is 23.3. The summed E-state index contributed by atoms with van der Waals surface area (Å²) in [4.78, 5) is 31.9. The van der Waals surface area contributed by atoms with Crippen molar-refractivity contribution in [2.45, 2.75) is 43.3 Å². The molecule has 0 atom stereocenters. The Kier molecular flexibility index (Phi) is 6.88. The number of nitrogens with one attached hydrogen (secondary N) is 1.